The predicted molar refractivity (Wildman–Crippen MR) is 129 cm³/mol. The third-order valence-electron chi connectivity index (χ3n) is 6.88. The van der Waals surface area contributed by atoms with E-state index >= 15 is 0 Å². The number of nitrogens with zero attached hydrogens (tertiary/aromatic N) is 2. The quantitative estimate of drug-likeness (QED) is 0.579. The lowest BCUT2D eigenvalue weighted by Gasteiger charge is -2.37. The maximum Gasteiger partial charge on any atom is 0.278 e. The Bertz CT molecular complexity index is 861. The molecule has 1 aliphatic carbocycles. The lowest BCUT2D eigenvalue weighted by Crippen LogP contribution is -2.48. The number of benzene rings is 1. The molecule has 2 fully saturated rings. The monoisotopic (exact) mass is 454 g/mol. The molecular formula is C27H38N2O4. The molecule has 2 aliphatic heterocycles. The Morgan fingerprint density at radius 1 is 0.909 bits per heavy atom. The van der Waals surface area contributed by atoms with Gasteiger partial charge in [-0.2, -0.15) is 0 Å². The van der Waals surface area contributed by atoms with Crippen LogP contribution in [0.15, 0.2) is 30.0 Å². The van der Waals surface area contributed by atoms with Crippen LogP contribution in [0.25, 0.3) is 5.57 Å². The summed E-state index contributed by atoms with van der Waals surface area (Å²) in [6, 6.07) is 7.62. The highest BCUT2D eigenvalue weighted by atomic mass is 16.5. The lowest BCUT2D eigenvalue weighted by atomic mass is 9.95. The Hall–Kier alpha value is -2.34. The molecule has 180 valence electrons. The molecule has 0 bridgehead atoms. The Labute approximate surface area is 197 Å². The molecule has 3 aliphatic rings. The highest BCUT2D eigenvalue weighted by Gasteiger charge is 2.45. The van der Waals surface area contributed by atoms with Gasteiger partial charge in [-0.25, -0.2) is 0 Å². The second-order valence-corrected chi connectivity index (χ2v) is 9.74. The molecule has 1 saturated carbocycles. The number of rotatable bonds is 6. The summed E-state index contributed by atoms with van der Waals surface area (Å²) >= 11 is 0. The topological polar surface area (TPSA) is 59.1 Å². The number of carbonyl (C=O) groups excluding carboxylic acids is 2. The van der Waals surface area contributed by atoms with Crippen molar-refractivity contribution < 1.29 is 19.1 Å². The van der Waals surface area contributed by atoms with Crippen LogP contribution in [0.3, 0.4) is 0 Å². The molecule has 33 heavy (non-hydrogen) atoms. The molecular weight excluding hydrogens is 416 g/mol. The smallest absolute Gasteiger partial charge is 0.278 e. The largest absolute Gasteiger partial charge is 0.494 e. The Morgan fingerprint density at radius 2 is 1.52 bits per heavy atom. The summed E-state index contributed by atoms with van der Waals surface area (Å²) in [7, 11) is 0. The van der Waals surface area contributed by atoms with E-state index in [1.165, 1.54) is 19.3 Å². The van der Waals surface area contributed by atoms with Gasteiger partial charge >= 0.3 is 0 Å². The summed E-state index contributed by atoms with van der Waals surface area (Å²) in [6.07, 6.45) is 8.50. The van der Waals surface area contributed by atoms with Gasteiger partial charge in [0.05, 0.1) is 24.4 Å². The summed E-state index contributed by atoms with van der Waals surface area (Å²) < 4.78 is 11.6. The van der Waals surface area contributed by atoms with Gasteiger partial charge in [-0.15, -0.1) is 0 Å². The van der Waals surface area contributed by atoms with Gasteiger partial charge in [-0.1, -0.05) is 51.2 Å². The molecule has 4 rings (SSSR count). The maximum atomic E-state index is 13.9. The zero-order chi connectivity index (χ0) is 23.4. The SMILES string of the molecule is CCCOc1ccc(C2=C(N3CC(C)OC(C)C3)C(=O)N(C3CCCCCCC3)C2=O)cc1. The summed E-state index contributed by atoms with van der Waals surface area (Å²) in [5, 5.41) is 0. The Morgan fingerprint density at radius 3 is 2.12 bits per heavy atom. The molecule has 6 nitrogen and oxygen atoms in total. The van der Waals surface area contributed by atoms with Crippen molar-refractivity contribution >= 4 is 17.4 Å². The molecule has 2 amide bonds. The fraction of sp³-hybridized carbons (Fsp3) is 0.630. The van der Waals surface area contributed by atoms with Gasteiger partial charge in [-0.05, 0) is 50.8 Å². The lowest BCUT2D eigenvalue weighted by molar-refractivity contribution is -0.141. The van der Waals surface area contributed by atoms with Crippen LogP contribution >= 0.6 is 0 Å². The normalized spacial score (nSPS) is 25.4. The summed E-state index contributed by atoms with van der Waals surface area (Å²) in [5.41, 5.74) is 1.86. The standard InChI is InChI=1S/C27H38N2O4/c1-4-16-32-23-14-12-21(13-15-23)24-25(28-17-19(2)33-20(3)18-28)27(31)29(26(24)30)22-10-8-6-5-7-9-11-22/h12-15,19-20,22H,4-11,16-18H2,1-3H3. The second-order valence-electron chi connectivity index (χ2n) is 9.74. The molecule has 2 unspecified atom stereocenters. The first kappa shape index (κ1) is 23.8. The molecule has 1 aromatic carbocycles. The average Bonchev–Trinajstić information content (AvgIpc) is 3.02. The average molecular weight is 455 g/mol. The minimum atomic E-state index is -0.144. The van der Waals surface area contributed by atoms with E-state index in [0.717, 1.165) is 43.4 Å². The van der Waals surface area contributed by atoms with E-state index in [0.29, 0.717) is 31.0 Å². The second kappa shape index (κ2) is 10.7. The zero-order valence-electron chi connectivity index (χ0n) is 20.3. The van der Waals surface area contributed by atoms with Crippen LogP contribution < -0.4 is 4.74 Å². The van der Waals surface area contributed by atoms with E-state index in [4.69, 9.17) is 9.47 Å². The van der Waals surface area contributed by atoms with Crippen LogP contribution in [0.4, 0.5) is 0 Å². The fourth-order valence-corrected chi connectivity index (χ4v) is 5.41. The third kappa shape index (κ3) is 5.26. The van der Waals surface area contributed by atoms with Crippen LogP contribution in [0, 0.1) is 0 Å². The van der Waals surface area contributed by atoms with Crippen molar-refractivity contribution in [1.82, 2.24) is 9.80 Å². The zero-order valence-corrected chi connectivity index (χ0v) is 20.3. The van der Waals surface area contributed by atoms with Crippen molar-refractivity contribution in [3.63, 3.8) is 0 Å². The van der Waals surface area contributed by atoms with Crippen molar-refractivity contribution in [2.75, 3.05) is 19.7 Å². The fourth-order valence-electron chi connectivity index (χ4n) is 5.41. The van der Waals surface area contributed by atoms with Crippen molar-refractivity contribution in [2.45, 2.75) is 90.4 Å². The molecule has 1 aromatic rings. The number of morpholine rings is 1. The van der Waals surface area contributed by atoms with Crippen LogP contribution in [-0.2, 0) is 14.3 Å². The van der Waals surface area contributed by atoms with Gasteiger partial charge in [0.1, 0.15) is 11.4 Å². The minimum absolute atomic E-state index is 0.00525. The number of amides is 2. The first-order valence-electron chi connectivity index (χ1n) is 12.8. The third-order valence-corrected chi connectivity index (χ3v) is 6.88. The van der Waals surface area contributed by atoms with Gasteiger partial charge in [0.2, 0.25) is 0 Å². The van der Waals surface area contributed by atoms with Crippen LogP contribution in [0.2, 0.25) is 0 Å². The number of imide groups is 1. The van der Waals surface area contributed by atoms with E-state index < -0.39 is 0 Å². The van der Waals surface area contributed by atoms with E-state index in [9.17, 15) is 9.59 Å². The summed E-state index contributed by atoms with van der Waals surface area (Å²) in [4.78, 5) is 31.4. The van der Waals surface area contributed by atoms with E-state index in [-0.39, 0.29) is 30.1 Å². The minimum Gasteiger partial charge on any atom is -0.494 e. The number of hydrogen-bond acceptors (Lipinski definition) is 5. The first-order chi connectivity index (χ1) is 16.0. The highest BCUT2D eigenvalue weighted by Crippen LogP contribution is 2.37. The number of carbonyl (C=O) groups is 2. The highest BCUT2D eigenvalue weighted by molar-refractivity contribution is 6.35. The van der Waals surface area contributed by atoms with Gasteiger partial charge < -0.3 is 14.4 Å². The molecule has 2 heterocycles. The Kier molecular flexibility index (Phi) is 7.74. The van der Waals surface area contributed by atoms with Crippen LogP contribution in [0.5, 0.6) is 5.75 Å². The molecule has 2 atom stereocenters. The first-order valence-corrected chi connectivity index (χ1v) is 12.8. The van der Waals surface area contributed by atoms with E-state index in [1.807, 2.05) is 38.1 Å². The van der Waals surface area contributed by atoms with Gasteiger partial charge in [0.25, 0.3) is 11.8 Å². The summed E-state index contributed by atoms with van der Waals surface area (Å²) in [5.74, 6) is 0.507. The van der Waals surface area contributed by atoms with Gasteiger partial charge in [0.15, 0.2) is 0 Å². The van der Waals surface area contributed by atoms with Crippen molar-refractivity contribution in [2.24, 2.45) is 0 Å². The van der Waals surface area contributed by atoms with Gasteiger partial charge in [-0.3, -0.25) is 14.5 Å². The van der Waals surface area contributed by atoms with Crippen molar-refractivity contribution in [3.8, 4) is 5.75 Å². The molecule has 1 saturated heterocycles. The van der Waals surface area contributed by atoms with Gasteiger partial charge in [0, 0.05) is 19.1 Å². The van der Waals surface area contributed by atoms with Crippen molar-refractivity contribution in [1.29, 1.82) is 0 Å². The Balaban J connectivity index is 1.69. The maximum absolute atomic E-state index is 13.9. The predicted octanol–water partition coefficient (Wildman–Crippen LogP) is 4.78. The van der Waals surface area contributed by atoms with Crippen molar-refractivity contribution in [3.05, 3.63) is 35.5 Å². The number of ether oxygens (including phenoxy) is 2. The molecule has 0 N–H and O–H groups in total. The van der Waals surface area contributed by atoms with Crippen LogP contribution in [0.1, 0.15) is 77.7 Å². The summed E-state index contributed by atoms with van der Waals surface area (Å²) in [6.45, 7) is 8.00. The van der Waals surface area contributed by atoms with E-state index in [1.54, 1.807) is 4.90 Å². The molecule has 0 spiro atoms. The van der Waals surface area contributed by atoms with E-state index in [2.05, 4.69) is 11.8 Å². The molecule has 6 heteroatoms. The van der Waals surface area contributed by atoms with Crippen LogP contribution in [-0.4, -0.2) is 59.6 Å². The molecule has 0 aromatic heterocycles. The number of hydrogen-bond donors (Lipinski definition) is 0. The molecule has 0 radical (unpaired) electrons.